The molecule has 114 valence electrons. The summed E-state index contributed by atoms with van der Waals surface area (Å²) < 4.78 is 6.89. The monoisotopic (exact) mass is 485 g/mol. The van der Waals surface area contributed by atoms with Crippen LogP contribution < -0.4 is 15.5 Å². The molecule has 0 atom stereocenters. The van der Waals surface area contributed by atoms with Crippen LogP contribution >= 0.6 is 50.7 Å². The molecule has 0 amide bonds. The smallest absolute Gasteiger partial charge is 0.341 e. The van der Waals surface area contributed by atoms with E-state index < -0.39 is 12.6 Å². The third kappa shape index (κ3) is 6.57. The van der Waals surface area contributed by atoms with Gasteiger partial charge in [0, 0.05) is 15.7 Å². The maximum atomic E-state index is 10.6. The van der Waals surface area contributed by atoms with Gasteiger partial charge in [0.15, 0.2) is 11.7 Å². The molecule has 0 heterocycles. The number of halogens is 2. The molecule has 0 aliphatic heterocycles. The van der Waals surface area contributed by atoms with Crippen LogP contribution in [-0.2, 0) is 4.79 Å². The molecule has 0 bridgehead atoms. The van der Waals surface area contributed by atoms with E-state index in [1.807, 2.05) is 19.1 Å². The van der Waals surface area contributed by atoms with Gasteiger partial charge in [-0.3, -0.25) is 5.43 Å². The minimum atomic E-state index is -1.05. The molecule has 0 fully saturated rings. The number of nitrogens with one attached hydrogen (secondary N) is 2. The number of aliphatic carboxylic acids is 1. The van der Waals surface area contributed by atoms with Gasteiger partial charge in [-0.2, -0.15) is 5.10 Å². The highest BCUT2D eigenvalue weighted by Gasteiger charge is 2.10. The number of nitrogens with zero attached hydrogens (tertiary/aromatic N) is 1. The quantitative estimate of drug-likeness (QED) is 0.248. The number of carbonyl (C=O) groups is 1. The number of hydrazone groups is 1. The van der Waals surface area contributed by atoms with Crippen molar-refractivity contribution in [1.82, 2.24) is 10.7 Å². The molecule has 0 spiro atoms. The predicted octanol–water partition coefficient (Wildman–Crippen LogP) is 2.34. The predicted molar refractivity (Wildman–Crippen MR) is 97.0 cm³/mol. The first-order valence-electron chi connectivity index (χ1n) is 5.84. The second kappa shape index (κ2) is 9.15. The molecule has 1 aromatic carbocycles. The van der Waals surface area contributed by atoms with E-state index in [1.54, 1.807) is 0 Å². The molecule has 0 saturated carbocycles. The Bertz CT molecular complexity index is 569. The van der Waals surface area contributed by atoms with Crippen molar-refractivity contribution in [1.29, 1.82) is 0 Å². The first kappa shape index (κ1) is 18.1. The Morgan fingerprint density at radius 2 is 2.33 bits per heavy atom. The van der Waals surface area contributed by atoms with Crippen LogP contribution in [0.4, 0.5) is 0 Å². The molecular weight excluding hydrogens is 473 g/mol. The number of thiocarbonyl (C=S) groups is 1. The molecular formula is C12H13BrIN3O3S. The molecule has 21 heavy (non-hydrogen) atoms. The molecule has 0 radical (unpaired) electrons. The maximum absolute atomic E-state index is 10.6. The standard InChI is InChI=1S/C12H13BrIN3O3S/c1-2-15-12(21)17-16-5-7-3-8(14)4-9(13)11(7)20-6-10(18)19/h3-5H,2,6H2,1H3,(H,18,19)(H2,15,17,21). The second-order valence-electron chi connectivity index (χ2n) is 3.72. The van der Waals surface area contributed by atoms with E-state index in [0.717, 1.165) is 3.57 Å². The number of hydrogen-bond donors (Lipinski definition) is 3. The lowest BCUT2D eigenvalue weighted by Gasteiger charge is -2.10. The summed E-state index contributed by atoms with van der Waals surface area (Å²) >= 11 is 10.5. The van der Waals surface area contributed by atoms with Gasteiger partial charge in [-0.1, -0.05) is 0 Å². The number of carboxylic acid groups (broad SMARTS) is 1. The SMILES string of the molecule is CCNC(=S)NN=Cc1cc(I)cc(Br)c1OCC(=O)O. The van der Waals surface area contributed by atoms with Gasteiger partial charge >= 0.3 is 5.97 Å². The van der Waals surface area contributed by atoms with Crippen LogP contribution in [0.25, 0.3) is 0 Å². The van der Waals surface area contributed by atoms with E-state index in [-0.39, 0.29) is 0 Å². The van der Waals surface area contributed by atoms with E-state index >= 15 is 0 Å². The van der Waals surface area contributed by atoms with Crippen LogP contribution in [0.3, 0.4) is 0 Å². The van der Waals surface area contributed by atoms with Crippen LogP contribution in [0.5, 0.6) is 5.75 Å². The van der Waals surface area contributed by atoms with Crippen LogP contribution in [0.1, 0.15) is 12.5 Å². The van der Waals surface area contributed by atoms with Crippen molar-refractivity contribution in [3.8, 4) is 5.75 Å². The lowest BCUT2D eigenvalue weighted by atomic mass is 10.2. The summed E-state index contributed by atoms with van der Waals surface area (Å²) in [6, 6.07) is 3.65. The number of hydrogen-bond acceptors (Lipinski definition) is 4. The van der Waals surface area contributed by atoms with Crippen molar-refractivity contribution < 1.29 is 14.6 Å². The molecule has 0 aromatic heterocycles. The third-order valence-corrected chi connectivity index (χ3v) is 3.53. The summed E-state index contributed by atoms with van der Waals surface area (Å²) in [4.78, 5) is 10.6. The van der Waals surface area contributed by atoms with Crippen LogP contribution in [0.2, 0.25) is 0 Å². The number of rotatable bonds is 6. The molecule has 6 nitrogen and oxygen atoms in total. The summed E-state index contributed by atoms with van der Waals surface area (Å²) in [6.07, 6.45) is 1.52. The summed E-state index contributed by atoms with van der Waals surface area (Å²) in [5.41, 5.74) is 3.30. The summed E-state index contributed by atoms with van der Waals surface area (Å²) in [5.74, 6) is -0.632. The Morgan fingerprint density at radius 3 is 2.95 bits per heavy atom. The van der Waals surface area contributed by atoms with Gasteiger partial charge < -0.3 is 15.2 Å². The lowest BCUT2D eigenvalue weighted by Crippen LogP contribution is -2.31. The third-order valence-electron chi connectivity index (χ3n) is 2.08. The Morgan fingerprint density at radius 1 is 1.62 bits per heavy atom. The average Bonchev–Trinajstić information content (AvgIpc) is 2.37. The molecule has 0 unspecified atom stereocenters. The van der Waals surface area contributed by atoms with Crippen LogP contribution in [-0.4, -0.2) is 35.6 Å². The zero-order valence-electron chi connectivity index (χ0n) is 11.0. The molecule has 1 aromatic rings. The fourth-order valence-electron chi connectivity index (χ4n) is 1.32. The van der Waals surface area contributed by atoms with Gasteiger partial charge in [0.2, 0.25) is 0 Å². The van der Waals surface area contributed by atoms with E-state index in [1.165, 1.54) is 6.21 Å². The highest BCUT2D eigenvalue weighted by molar-refractivity contribution is 14.1. The minimum absolute atomic E-state index is 0.409. The first-order chi connectivity index (χ1) is 9.93. The molecule has 0 aliphatic carbocycles. The fraction of sp³-hybridized carbons (Fsp3) is 0.250. The van der Waals surface area contributed by atoms with Crippen molar-refractivity contribution in [2.45, 2.75) is 6.92 Å². The van der Waals surface area contributed by atoms with Gasteiger partial charge in [0.25, 0.3) is 0 Å². The summed E-state index contributed by atoms with van der Waals surface area (Å²) in [6.45, 7) is 2.19. The maximum Gasteiger partial charge on any atom is 0.341 e. The normalized spacial score (nSPS) is 10.4. The zero-order chi connectivity index (χ0) is 15.8. The van der Waals surface area contributed by atoms with Gasteiger partial charge in [0.1, 0.15) is 5.75 Å². The first-order valence-corrected chi connectivity index (χ1v) is 8.12. The van der Waals surface area contributed by atoms with Crippen LogP contribution in [0.15, 0.2) is 21.7 Å². The topological polar surface area (TPSA) is 83.0 Å². The van der Waals surface area contributed by atoms with Gasteiger partial charge in [-0.15, -0.1) is 0 Å². The van der Waals surface area contributed by atoms with Gasteiger partial charge in [-0.25, -0.2) is 4.79 Å². The number of ether oxygens (including phenoxy) is 1. The Kier molecular flexibility index (Phi) is 7.89. The molecule has 0 aliphatic rings. The van der Waals surface area contributed by atoms with E-state index in [4.69, 9.17) is 22.1 Å². The van der Waals surface area contributed by atoms with Crippen molar-refractivity contribution in [3.63, 3.8) is 0 Å². The average molecular weight is 486 g/mol. The summed E-state index contributed by atoms with van der Waals surface area (Å²) in [7, 11) is 0. The van der Waals surface area contributed by atoms with E-state index in [9.17, 15) is 4.79 Å². The Labute approximate surface area is 149 Å². The van der Waals surface area contributed by atoms with Gasteiger partial charge in [0.05, 0.1) is 10.7 Å². The molecule has 1 rings (SSSR count). The minimum Gasteiger partial charge on any atom is -0.480 e. The summed E-state index contributed by atoms with van der Waals surface area (Å²) in [5, 5.41) is 16.0. The number of carboxylic acids is 1. The van der Waals surface area contributed by atoms with Gasteiger partial charge in [-0.05, 0) is 69.8 Å². The van der Waals surface area contributed by atoms with Crippen molar-refractivity contribution in [2.75, 3.05) is 13.2 Å². The Hall–Kier alpha value is -0.940. The van der Waals surface area contributed by atoms with Crippen molar-refractivity contribution in [3.05, 3.63) is 25.7 Å². The molecule has 3 N–H and O–H groups in total. The van der Waals surface area contributed by atoms with E-state index in [2.05, 4.69) is 54.4 Å². The largest absolute Gasteiger partial charge is 0.480 e. The fourth-order valence-corrected chi connectivity index (χ4v) is 3.18. The number of benzene rings is 1. The highest BCUT2D eigenvalue weighted by atomic mass is 127. The van der Waals surface area contributed by atoms with Crippen LogP contribution in [0, 0.1) is 3.57 Å². The van der Waals surface area contributed by atoms with Crippen molar-refractivity contribution in [2.24, 2.45) is 5.10 Å². The zero-order valence-corrected chi connectivity index (χ0v) is 15.6. The van der Waals surface area contributed by atoms with Crippen molar-refractivity contribution >= 4 is 68.0 Å². The van der Waals surface area contributed by atoms with E-state index in [0.29, 0.717) is 27.4 Å². The highest BCUT2D eigenvalue weighted by Crippen LogP contribution is 2.30. The molecule has 9 heteroatoms. The molecule has 0 saturated heterocycles. The lowest BCUT2D eigenvalue weighted by molar-refractivity contribution is -0.139. The second-order valence-corrected chi connectivity index (χ2v) is 6.23. The Balaban J connectivity index is 2.90.